The molecule has 0 aliphatic heterocycles. The van der Waals surface area contributed by atoms with Crippen molar-refractivity contribution in [2.45, 2.75) is 32.4 Å². The lowest BCUT2D eigenvalue weighted by Gasteiger charge is -2.16. The van der Waals surface area contributed by atoms with E-state index in [9.17, 15) is 10.5 Å². The van der Waals surface area contributed by atoms with Crippen molar-refractivity contribution in [2.24, 2.45) is 0 Å². The number of imidazole rings is 1. The van der Waals surface area contributed by atoms with Gasteiger partial charge in [0.15, 0.2) is 17.2 Å². The highest BCUT2D eigenvalue weighted by atomic mass is 35.5. The van der Waals surface area contributed by atoms with E-state index in [1.165, 1.54) is 27.7 Å². The Labute approximate surface area is 196 Å². The molecule has 162 valence electrons. The first kappa shape index (κ1) is 23.5. The third kappa shape index (κ3) is 4.99. The van der Waals surface area contributed by atoms with E-state index in [0.29, 0.717) is 23.6 Å². The topological polar surface area (TPSA) is 129 Å². The zero-order valence-corrected chi connectivity index (χ0v) is 20.1. The molecule has 0 aliphatic rings. The van der Waals surface area contributed by atoms with Gasteiger partial charge in [-0.3, -0.25) is 4.57 Å². The van der Waals surface area contributed by atoms with Gasteiger partial charge < -0.3 is 4.74 Å². The average molecular weight is 485 g/mol. The van der Waals surface area contributed by atoms with Crippen LogP contribution in [-0.2, 0) is 11.5 Å². The van der Waals surface area contributed by atoms with Crippen LogP contribution in [-0.4, -0.2) is 39.2 Å². The van der Waals surface area contributed by atoms with Gasteiger partial charge in [-0.05, 0) is 18.2 Å². The molecule has 2 heterocycles. The van der Waals surface area contributed by atoms with Gasteiger partial charge in [-0.15, -0.1) is 9.90 Å². The SMILES string of the molecule is C[Si](C)(C)CCOCn1c(-c2cnn(-c3c(Cl)cc(C#N)cc3Cl)n2)nc(C#N)c1C#N. The van der Waals surface area contributed by atoms with Crippen molar-refractivity contribution < 1.29 is 4.74 Å². The highest BCUT2D eigenvalue weighted by Gasteiger charge is 2.22. The Kier molecular flexibility index (Phi) is 6.98. The molecule has 0 spiro atoms. The predicted molar refractivity (Wildman–Crippen MR) is 121 cm³/mol. The molecule has 32 heavy (non-hydrogen) atoms. The van der Waals surface area contributed by atoms with Crippen molar-refractivity contribution in [3.63, 3.8) is 0 Å². The van der Waals surface area contributed by atoms with Gasteiger partial charge in [0.2, 0.25) is 0 Å². The van der Waals surface area contributed by atoms with Crippen molar-refractivity contribution >= 4 is 31.3 Å². The molecule has 0 fully saturated rings. The summed E-state index contributed by atoms with van der Waals surface area (Å²) in [5.41, 5.74) is 0.955. The Morgan fingerprint density at radius 2 is 1.75 bits per heavy atom. The number of benzene rings is 1. The molecule has 0 amide bonds. The summed E-state index contributed by atoms with van der Waals surface area (Å²) >= 11 is 12.5. The second kappa shape index (κ2) is 9.52. The molecular formula is C20H18Cl2N8OSi. The number of rotatable bonds is 7. The van der Waals surface area contributed by atoms with Gasteiger partial charge in [0.1, 0.15) is 30.3 Å². The van der Waals surface area contributed by atoms with E-state index in [4.69, 9.17) is 33.2 Å². The van der Waals surface area contributed by atoms with Crippen LogP contribution in [0, 0.1) is 34.0 Å². The predicted octanol–water partition coefficient (Wildman–Crippen LogP) is 4.36. The van der Waals surface area contributed by atoms with Gasteiger partial charge in [-0.2, -0.15) is 20.9 Å². The van der Waals surface area contributed by atoms with E-state index in [-0.39, 0.29) is 34.0 Å². The third-order valence-electron chi connectivity index (χ3n) is 4.46. The summed E-state index contributed by atoms with van der Waals surface area (Å²) in [6.45, 7) is 7.30. The third-order valence-corrected chi connectivity index (χ3v) is 6.74. The van der Waals surface area contributed by atoms with Crippen LogP contribution in [0.2, 0.25) is 35.7 Å². The molecule has 0 atom stereocenters. The molecule has 0 unspecified atom stereocenters. The maximum atomic E-state index is 9.57. The van der Waals surface area contributed by atoms with Crippen molar-refractivity contribution in [1.29, 1.82) is 15.8 Å². The quantitative estimate of drug-likeness (QED) is 0.359. The van der Waals surface area contributed by atoms with Gasteiger partial charge in [-0.25, -0.2) is 4.98 Å². The molecule has 12 heteroatoms. The number of aromatic nitrogens is 5. The largest absolute Gasteiger partial charge is 0.361 e. The smallest absolute Gasteiger partial charge is 0.177 e. The summed E-state index contributed by atoms with van der Waals surface area (Å²) in [7, 11) is -1.29. The lowest BCUT2D eigenvalue weighted by molar-refractivity contribution is 0.0877. The normalized spacial score (nSPS) is 11.1. The number of nitrogens with zero attached hydrogens (tertiary/aromatic N) is 8. The van der Waals surface area contributed by atoms with Gasteiger partial charge in [-0.1, -0.05) is 42.8 Å². The maximum Gasteiger partial charge on any atom is 0.177 e. The standard InChI is InChI=1S/C20H18Cl2N8OSi/c1-32(2,3)5-4-31-12-29-18(10-25)16(9-24)27-20(29)17-11-26-30(28-17)19-14(21)6-13(8-23)7-15(19)22/h6-7,11H,4-5,12H2,1-3H3. The zero-order chi connectivity index (χ0) is 23.5. The highest BCUT2D eigenvalue weighted by molar-refractivity contribution is 6.76. The molecule has 3 aromatic rings. The molecule has 0 bridgehead atoms. The molecule has 0 saturated carbocycles. The van der Waals surface area contributed by atoms with E-state index < -0.39 is 8.07 Å². The second-order valence-electron chi connectivity index (χ2n) is 8.05. The Hall–Kier alpha value is -3.20. The Balaban J connectivity index is 1.98. The van der Waals surface area contributed by atoms with Crippen LogP contribution in [0.1, 0.15) is 17.0 Å². The summed E-state index contributed by atoms with van der Waals surface area (Å²) < 4.78 is 7.28. The van der Waals surface area contributed by atoms with Gasteiger partial charge in [0.25, 0.3) is 0 Å². The Bertz CT molecular complexity index is 1260. The first-order valence-corrected chi connectivity index (χ1v) is 14.0. The number of hydrogen-bond donors (Lipinski definition) is 0. The van der Waals surface area contributed by atoms with E-state index in [2.05, 4.69) is 34.8 Å². The maximum absolute atomic E-state index is 9.57. The molecule has 0 radical (unpaired) electrons. The number of ether oxygens (including phenoxy) is 1. The number of nitriles is 3. The summed E-state index contributed by atoms with van der Waals surface area (Å²) in [4.78, 5) is 5.47. The molecule has 1 aromatic carbocycles. The van der Waals surface area contributed by atoms with E-state index >= 15 is 0 Å². The van der Waals surface area contributed by atoms with Crippen molar-refractivity contribution in [2.75, 3.05) is 6.61 Å². The van der Waals surface area contributed by atoms with Crippen LogP contribution < -0.4 is 0 Å². The summed E-state index contributed by atoms with van der Waals surface area (Å²) in [6.07, 6.45) is 1.42. The summed E-state index contributed by atoms with van der Waals surface area (Å²) in [6, 6.07) is 9.79. The van der Waals surface area contributed by atoms with Crippen LogP contribution >= 0.6 is 23.2 Å². The minimum absolute atomic E-state index is 0.0275. The fraction of sp³-hybridized carbons (Fsp3) is 0.300. The fourth-order valence-electron chi connectivity index (χ4n) is 2.79. The molecule has 9 nitrogen and oxygen atoms in total. The van der Waals surface area contributed by atoms with E-state index in [1.807, 2.05) is 18.2 Å². The van der Waals surface area contributed by atoms with Gasteiger partial charge >= 0.3 is 0 Å². The second-order valence-corrected chi connectivity index (χ2v) is 14.5. The van der Waals surface area contributed by atoms with E-state index in [1.54, 1.807) is 0 Å². The average Bonchev–Trinajstić information content (AvgIpc) is 3.34. The van der Waals surface area contributed by atoms with Crippen LogP contribution in [0.3, 0.4) is 0 Å². The molecule has 0 aliphatic carbocycles. The van der Waals surface area contributed by atoms with Crippen LogP contribution in [0.25, 0.3) is 17.2 Å². The van der Waals surface area contributed by atoms with Crippen LogP contribution in [0.5, 0.6) is 0 Å². The lowest BCUT2D eigenvalue weighted by atomic mass is 10.2. The molecule has 0 saturated heterocycles. The summed E-state index contributed by atoms with van der Waals surface area (Å²) in [5, 5.41) is 37.0. The Morgan fingerprint density at radius 3 is 2.31 bits per heavy atom. The van der Waals surface area contributed by atoms with Crippen molar-refractivity contribution in [3.8, 4) is 35.4 Å². The monoisotopic (exact) mass is 484 g/mol. The number of halogens is 2. The molecule has 2 aromatic heterocycles. The van der Waals surface area contributed by atoms with Crippen LogP contribution in [0.4, 0.5) is 0 Å². The number of hydrogen-bond acceptors (Lipinski definition) is 7. The Morgan fingerprint density at radius 1 is 1.06 bits per heavy atom. The fourth-order valence-corrected chi connectivity index (χ4v) is 4.19. The van der Waals surface area contributed by atoms with Gasteiger partial charge in [0.05, 0.1) is 27.9 Å². The minimum Gasteiger partial charge on any atom is -0.361 e. The molecular weight excluding hydrogens is 467 g/mol. The lowest BCUT2D eigenvalue weighted by Crippen LogP contribution is -2.22. The first-order chi connectivity index (χ1) is 15.2. The van der Waals surface area contributed by atoms with E-state index in [0.717, 1.165) is 6.04 Å². The van der Waals surface area contributed by atoms with Crippen LogP contribution in [0.15, 0.2) is 18.3 Å². The minimum atomic E-state index is -1.29. The summed E-state index contributed by atoms with van der Waals surface area (Å²) in [5.74, 6) is 0.262. The van der Waals surface area contributed by atoms with Crippen molar-refractivity contribution in [3.05, 3.63) is 45.3 Å². The van der Waals surface area contributed by atoms with Gasteiger partial charge in [0, 0.05) is 14.7 Å². The molecule has 0 N–H and O–H groups in total. The zero-order valence-electron chi connectivity index (χ0n) is 17.6. The highest BCUT2D eigenvalue weighted by Crippen LogP contribution is 2.30. The van der Waals surface area contributed by atoms with Crippen molar-refractivity contribution in [1.82, 2.24) is 24.5 Å². The molecule has 3 rings (SSSR count). The first-order valence-electron chi connectivity index (χ1n) is 9.49.